The van der Waals surface area contributed by atoms with Gasteiger partial charge in [-0.1, -0.05) is 109 Å². The maximum Gasteiger partial charge on any atom is 0.375 e. The van der Waals surface area contributed by atoms with E-state index in [2.05, 4.69) is 0 Å². The zero-order chi connectivity index (χ0) is 25.1. The van der Waals surface area contributed by atoms with Gasteiger partial charge in [0, 0.05) is 0 Å². The summed E-state index contributed by atoms with van der Waals surface area (Å²) in [4.78, 5) is 13.1. The van der Waals surface area contributed by atoms with E-state index < -0.39 is 28.0 Å². The van der Waals surface area contributed by atoms with Crippen LogP contribution in [-0.4, -0.2) is 14.4 Å². The van der Waals surface area contributed by atoms with E-state index >= 15 is 0 Å². The summed E-state index contributed by atoms with van der Waals surface area (Å²) in [5, 5.41) is 0. The van der Waals surface area contributed by atoms with Crippen LogP contribution in [0.15, 0.2) is 131 Å². The third-order valence-electron chi connectivity index (χ3n) is 6.04. The fourth-order valence-corrected chi connectivity index (χ4v) is 5.79. The maximum atomic E-state index is 14.0. The van der Waals surface area contributed by atoms with Gasteiger partial charge in [-0.15, -0.1) is 0 Å². The molecule has 180 valence electrons. The molecule has 5 rings (SSSR count). The Labute approximate surface area is 210 Å². The summed E-state index contributed by atoms with van der Waals surface area (Å²) >= 11 is 0. The molecule has 4 aromatic carbocycles. The highest BCUT2D eigenvalue weighted by molar-refractivity contribution is 7.95. The molecule has 6 heteroatoms. The molecule has 1 heterocycles. The fraction of sp³-hybridized carbons (Fsp3) is 0.100. The predicted molar refractivity (Wildman–Crippen MR) is 136 cm³/mol. The maximum absolute atomic E-state index is 14.0. The third-order valence-corrected chi connectivity index (χ3v) is 7.91. The van der Waals surface area contributed by atoms with Gasteiger partial charge >= 0.3 is 5.97 Å². The van der Waals surface area contributed by atoms with Gasteiger partial charge in [0.25, 0.3) is 0 Å². The fourth-order valence-electron chi connectivity index (χ4n) is 4.20. The van der Waals surface area contributed by atoms with Gasteiger partial charge in [0.2, 0.25) is 15.6 Å². The van der Waals surface area contributed by atoms with E-state index in [0.29, 0.717) is 5.56 Å². The Morgan fingerprint density at radius 2 is 1.22 bits per heavy atom. The summed E-state index contributed by atoms with van der Waals surface area (Å²) in [6.07, 6.45) is -1.83. The Hall–Kier alpha value is -4.16. The van der Waals surface area contributed by atoms with Crippen LogP contribution in [0, 0.1) is 6.92 Å². The number of esters is 1. The quantitative estimate of drug-likeness (QED) is 0.290. The summed E-state index contributed by atoms with van der Waals surface area (Å²) in [5.41, 5.74) is 3.02. The van der Waals surface area contributed by atoms with E-state index in [1.54, 1.807) is 36.4 Å². The molecule has 0 amide bonds. The average molecular weight is 497 g/mol. The van der Waals surface area contributed by atoms with Gasteiger partial charge in [0.15, 0.2) is 6.10 Å². The van der Waals surface area contributed by atoms with Crippen molar-refractivity contribution in [3.05, 3.63) is 148 Å². The van der Waals surface area contributed by atoms with Gasteiger partial charge in [0.1, 0.15) is 11.0 Å². The van der Waals surface area contributed by atoms with Crippen molar-refractivity contribution in [2.24, 2.45) is 0 Å². The SMILES string of the molecule is Cc1ccc(S(=O)(=O)C2=C(OC(c3ccccc3)c3ccccc3)C(=O)OC2c2ccccc2)cc1. The van der Waals surface area contributed by atoms with Crippen molar-refractivity contribution < 1.29 is 22.7 Å². The molecule has 0 N–H and O–H groups in total. The van der Waals surface area contributed by atoms with E-state index in [1.807, 2.05) is 73.7 Å². The molecule has 1 unspecified atom stereocenters. The van der Waals surface area contributed by atoms with E-state index in [0.717, 1.165) is 16.7 Å². The Morgan fingerprint density at radius 1 is 0.722 bits per heavy atom. The van der Waals surface area contributed by atoms with Crippen molar-refractivity contribution in [3.8, 4) is 0 Å². The molecule has 5 nitrogen and oxygen atoms in total. The van der Waals surface area contributed by atoms with E-state index in [9.17, 15) is 13.2 Å². The molecule has 4 aromatic rings. The molecule has 0 fully saturated rings. The van der Waals surface area contributed by atoms with Crippen molar-refractivity contribution in [2.45, 2.75) is 24.0 Å². The predicted octanol–water partition coefficient (Wildman–Crippen LogP) is 6.08. The number of ether oxygens (including phenoxy) is 2. The highest BCUT2D eigenvalue weighted by Crippen LogP contribution is 2.43. The van der Waals surface area contributed by atoms with E-state index in [1.165, 1.54) is 12.1 Å². The van der Waals surface area contributed by atoms with Crippen LogP contribution in [0.3, 0.4) is 0 Å². The van der Waals surface area contributed by atoms with Crippen molar-refractivity contribution >= 4 is 15.8 Å². The number of sulfone groups is 1. The Morgan fingerprint density at radius 3 is 1.75 bits per heavy atom. The van der Waals surface area contributed by atoms with Crippen molar-refractivity contribution in [2.75, 3.05) is 0 Å². The molecular weight excluding hydrogens is 472 g/mol. The number of benzene rings is 4. The van der Waals surface area contributed by atoms with Crippen LogP contribution in [0.5, 0.6) is 0 Å². The number of aryl methyl sites for hydroxylation is 1. The van der Waals surface area contributed by atoms with Crippen molar-refractivity contribution in [1.29, 1.82) is 0 Å². The lowest BCUT2D eigenvalue weighted by molar-refractivity contribution is -0.143. The topological polar surface area (TPSA) is 69.7 Å². The van der Waals surface area contributed by atoms with Crippen molar-refractivity contribution in [1.82, 2.24) is 0 Å². The zero-order valence-electron chi connectivity index (χ0n) is 19.6. The molecule has 36 heavy (non-hydrogen) atoms. The summed E-state index contributed by atoms with van der Waals surface area (Å²) in [5.74, 6) is -1.12. The van der Waals surface area contributed by atoms with Crippen LogP contribution in [0.4, 0.5) is 0 Å². The summed E-state index contributed by atoms with van der Waals surface area (Å²) in [6.45, 7) is 1.88. The van der Waals surface area contributed by atoms with Crippen LogP contribution in [0.25, 0.3) is 0 Å². The first-order valence-electron chi connectivity index (χ1n) is 11.5. The second-order valence-electron chi connectivity index (χ2n) is 8.53. The van der Waals surface area contributed by atoms with Gasteiger partial charge < -0.3 is 9.47 Å². The van der Waals surface area contributed by atoms with Crippen molar-refractivity contribution in [3.63, 3.8) is 0 Å². The van der Waals surface area contributed by atoms with Gasteiger partial charge in [-0.25, -0.2) is 13.2 Å². The number of cyclic esters (lactones) is 1. The number of hydrogen-bond acceptors (Lipinski definition) is 5. The molecular formula is C30H24O5S. The molecule has 0 spiro atoms. The number of carbonyl (C=O) groups excluding carboxylic acids is 1. The van der Waals surface area contributed by atoms with E-state index in [-0.39, 0.29) is 15.6 Å². The summed E-state index contributed by atoms with van der Waals surface area (Å²) < 4.78 is 39.9. The summed E-state index contributed by atoms with van der Waals surface area (Å²) in [6, 6.07) is 34.1. The molecule has 0 saturated heterocycles. The highest BCUT2D eigenvalue weighted by atomic mass is 32.2. The average Bonchev–Trinajstić information content (AvgIpc) is 3.25. The highest BCUT2D eigenvalue weighted by Gasteiger charge is 2.45. The smallest absolute Gasteiger partial charge is 0.375 e. The lowest BCUT2D eigenvalue weighted by Gasteiger charge is -2.20. The Balaban J connectivity index is 1.69. The minimum absolute atomic E-state index is 0.0689. The third kappa shape index (κ3) is 4.55. The van der Waals surface area contributed by atoms with Gasteiger partial charge in [0.05, 0.1) is 4.90 Å². The lowest BCUT2D eigenvalue weighted by atomic mass is 10.0. The largest absolute Gasteiger partial charge is 0.473 e. The number of hydrogen-bond donors (Lipinski definition) is 0. The standard InChI is InChI=1S/C30H24O5S/c1-21-17-19-25(20-18-21)36(32,33)29-27(24-15-9-4-10-16-24)35-30(31)28(29)34-26(22-11-5-2-6-12-22)23-13-7-3-8-14-23/h2-20,26-27H,1H3. The molecule has 0 aromatic heterocycles. The molecule has 0 bridgehead atoms. The number of carbonyl (C=O) groups is 1. The molecule has 0 aliphatic carbocycles. The van der Waals surface area contributed by atoms with Crippen LogP contribution >= 0.6 is 0 Å². The van der Waals surface area contributed by atoms with Crippen LogP contribution in [0.1, 0.15) is 34.5 Å². The Kier molecular flexibility index (Phi) is 6.44. The van der Waals surface area contributed by atoms with Gasteiger partial charge in [-0.05, 0) is 35.7 Å². The first kappa shape index (κ1) is 23.6. The minimum atomic E-state index is -4.14. The zero-order valence-corrected chi connectivity index (χ0v) is 20.4. The molecule has 0 radical (unpaired) electrons. The molecule has 1 aliphatic rings. The summed E-state index contributed by atoms with van der Waals surface area (Å²) in [7, 11) is -4.14. The van der Waals surface area contributed by atoms with Gasteiger partial charge in [-0.3, -0.25) is 0 Å². The lowest BCUT2D eigenvalue weighted by Crippen LogP contribution is -2.14. The second-order valence-corrected chi connectivity index (χ2v) is 10.4. The first-order valence-corrected chi connectivity index (χ1v) is 13.0. The molecule has 1 aliphatic heterocycles. The van der Waals surface area contributed by atoms with Crippen LogP contribution in [0.2, 0.25) is 0 Å². The second kappa shape index (κ2) is 9.84. The molecule has 1 atom stereocenters. The monoisotopic (exact) mass is 496 g/mol. The molecule has 0 saturated carbocycles. The number of rotatable bonds is 7. The minimum Gasteiger partial charge on any atom is -0.473 e. The van der Waals surface area contributed by atoms with Gasteiger partial charge in [-0.2, -0.15) is 0 Å². The normalized spacial score (nSPS) is 15.7. The van der Waals surface area contributed by atoms with Crippen LogP contribution in [-0.2, 0) is 24.1 Å². The van der Waals surface area contributed by atoms with Crippen LogP contribution < -0.4 is 0 Å². The first-order chi connectivity index (χ1) is 17.4. The Bertz CT molecular complexity index is 1450. The van der Waals surface area contributed by atoms with E-state index in [4.69, 9.17) is 9.47 Å².